The van der Waals surface area contributed by atoms with Crippen LogP contribution in [-0.2, 0) is 55.3 Å². The third-order valence-electron chi connectivity index (χ3n) is 14.3. The number of benzene rings is 4. The van der Waals surface area contributed by atoms with E-state index in [0.717, 1.165) is 61.1 Å². The van der Waals surface area contributed by atoms with Crippen molar-refractivity contribution in [1.82, 2.24) is 9.80 Å². The van der Waals surface area contributed by atoms with Gasteiger partial charge < -0.3 is 63.4 Å². The maximum atomic E-state index is 13.1. The van der Waals surface area contributed by atoms with E-state index in [-0.39, 0.29) is 42.5 Å². The van der Waals surface area contributed by atoms with E-state index in [2.05, 4.69) is 9.80 Å². The molecule has 0 saturated carbocycles. The van der Waals surface area contributed by atoms with Crippen molar-refractivity contribution in [3.63, 3.8) is 0 Å². The summed E-state index contributed by atoms with van der Waals surface area (Å²) in [5.74, 6) is 2.72. The summed E-state index contributed by atoms with van der Waals surface area (Å²) < 4.78 is 124. The van der Waals surface area contributed by atoms with Crippen LogP contribution in [0.4, 0.5) is 26.3 Å². The summed E-state index contributed by atoms with van der Waals surface area (Å²) in [6.45, 7) is 6.75. The quantitative estimate of drug-likeness (QED) is 0.0812. The highest BCUT2D eigenvalue weighted by molar-refractivity contribution is 5.85. The van der Waals surface area contributed by atoms with Gasteiger partial charge in [-0.2, -0.15) is 26.3 Å². The smallest absolute Gasteiger partial charge is 0.416 e. The van der Waals surface area contributed by atoms with Crippen molar-refractivity contribution in [2.75, 3.05) is 107 Å². The molecule has 4 aliphatic rings. The lowest BCUT2D eigenvalue weighted by molar-refractivity contribution is -0.138. The average Bonchev–Trinajstić information content (AvgIpc) is 3.71. The van der Waals surface area contributed by atoms with Crippen LogP contribution in [-0.4, -0.2) is 133 Å². The number of nitrogens with zero attached hydrogens (tertiary/aromatic N) is 2. The van der Waals surface area contributed by atoms with Gasteiger partial charge in [0.05, 0.1) is 77.2 Å². The van der Waals surface area contributed by atoms with Gasteiger partial charge >= 0.3 is 12.4 Å². The fourth-order valence-electron chi connectivity index (χ4n) is 9.95. The van der Waals surface area contributed by atoms with E-state index in [9.17, 15) is 36.6 Å². The number of halogens is 8. The molecule has 0 aliphatic carbocycles. The van der Waals surface area contributed by atoms with Crippen molar-refractivity contribution in [3.05, 3.63) is 117 Å². The van der Waals surface area contributed by atoms with Crippen molar-refractivity contribution >= 4 is 24.8 Å². The number of ether oxygens (including phenoxy) is 8. The Morgan fingerprint density at radius 2 is 0.893 bits per heavy atom. The Labute approximate surface area is 447 Å². The van der Waals surface area contributed by atoms with Crippen LogP contribution in [0.15, 0.2) is 72.8 Å². The lowest BCUT2D eigenvalue weighted by Gasteiger charge is -2.38. The van der Waals surface area contributed by atoms with E-state index in [1.54, 1.807) is 40.6 Å². The summed E-state index contributed by atoms with van der Waals surface area (Å²) in [4.78, 5) is 4.33. The lowest BCUT2D eigenvalue weighted by Crippen LogP contribution is -2.43. The zero-order valence-electron chi connectivity index (χ0n) is 42.9. The molecule has 8 rings (SSSR count). The number of piperidine rings is 2. The first-order valence-corrected chi connectivity index (χ1v) is 24.6. The number of aliphatic hydroxyl groups is 2. The Balaban J connectivity index is 0.000000312. The number of alkyl halides is 6. The van der Waals surface area contributed by atoms with Gasteiger partial charge in [0.2, 0.25) is 0 Å². The van der Waals surface area contributed by atoms with Gasteiger partial charge in [-0.05, 0) is 133 Å². The molecule has 0 amide bonds. The maximum absolute atomic E-state index is 13.1. The molecule has 0 spiro atoms. The highest BCUT2D eigenvalue weighted by atomic mass is 35.5. The molecule has 4 N–H and O–H groups in total. The molecule has 75 heavy (non-hydrogen) atoms. The number of hydrogen-bond acceptors (Lipinski definition) is 12. The van der Waals surface area contributed by atoms with Gasteiger partial charge in [-0.15, -0.1) is 24.8 Å². The van der Waals surface area contributed by atoms with Gasteiger partial charge in [0.15, 0.2) is 23.0 Å². The zero-order chi connectivity index (χ0) is 51.5. The molecule has 0 bridgehead atoms. The molecule has 420 valence electrons. The molecule has 4 aromatic carbocycles. The second kappa shape index (κ2) is 28.5. The third kappa shape index (κ3) is 16.5. The zero-order valence-corrected chi connectivity index (χ0v) is 44.5. The summed E-state index contributed by atoms with van der Waals surface area (Å²) in [5, 5.41) is 22.1. The second-order valence-electron chi connectivity index (χ2n) is 18.8. The monoisotopic (exact) mass is 1110 g/mol. The molecular weight excluding hydrogens is 1040 g/mol. The minimum absolute atomic E-state index is 0. The van der Waals surface area contributed by atoms with Crippen molar-refractivity contribution in [2.24, 2.45) is 0 Å². The fraction of sp³-hybridized carbons (Fsp3) is 0.556. The lowest BCUT2D eigenvalue weighted by atomic mass is 9.84. The van der Waals surface area contributed by atoms with Crippen LogP contribution in [0.2, 0.25) is 0 Å². The highest BCUT2D eigenvalue weighted by Gasteiger charge is 2.39. The number of fused-ring (bicyclic) bond motifs is 2. The molecule has 0 radical (unpaired) electrons. The first-order valence-electron chi connectivity index (χ1n) is 24.6. The molecule has 4 heterocycles. The van der Waals surface area contributed by atoms with E-state index >= 15 is 0 Å². The average molecular weight is 1110 g/mol. The molecular formula is C54H72Cl2F6N2O11. The van der Waals surface area contributed by atoms with Crippen LogP contribution >= 0.6 is 24.8 Å². The molecule has 21 heteroatoms. The summed E-state index contributed by atoms with van der Waals surface area (Å²) in [7, 11) is 6.47. The first kappa shape index (κ1) is 63.4. The van der Waals surface area contributed by atoms with Crippen molar-refractivity contribution in [3.8, 4) is 23.0 Å². The predicted molar refractivity (Wildman–Crippen MR) is 275 cm³/mol. The molecule has 2 unspecified atom stereocenters. The molecule has 4 aliphatic heterocycles. The molecule has 4 aromatic rings. The Kier molecular flexibility index (Phi) is 24.1. The van der Waals surface area contributed by atoms with Crippen LogP contribution in [0, 0.1) is 0 Å². The second-order valence-corrected chi connectivity index (χ2v) is 18.8. The Morgan fingerprint density at radius 3 is 1.23 bits per heavy atom. The van der Waals surface area contributed by atoms with Crippen LogP contribution < -0.4 is 18.9 Å². The number of hydrogen-bond donors (Lipinski definition) is 2. The van der Waals surface area contributed by atoms with E-state index in [4.69, 9.17) is 37.9 Å². The Hall–Kier alpha value is -4.12. The Morgan fingerprint density at radius 1 is 0.547 bits per heavy atom. The summed E-state index contributed by atoms with van der Waals surface area (Å²) in [6.07, 6.45) is -4.14. The van der Waals surface area contributed by atoms with Crippen molar-refractivity contribution < 1.29 is 79.9 Å². The molecule has 2 atom stereocenters. The van der Waals surface area contributed by atoms with Gasteiger partial charge in [-0.25, -0.2) is 0 Å². The summed E-state index contributed by atoms with van der Waals surface area (Å²) in [5.41, 5.74) is 1.11. The molecule has 0 aromatic heterocycles. The molecule has 13 nitrogen and oxygen atoms in total. The van der Waals surface area contributed by atoms with E-state index < -0.39 is 34.7 Å². The number of methoxy groups -OCH3 is 4. The minimum atomic E-state index is -4.43. The van der Waals surface area contributed by atoms with Gasteiger partial charge in [-0.3, -0.25) is 0 Å². The highest BCUT2D eigenvalue weighted by Crippen LogP contribution is 2.41. The van der Waals surface area contributed by atoms with E-state index in [0.29, 0.717) is 139 Å². The predicted octanol–water partition coefficient (Wildman–Crippen LogP) is 9.47. The maximum Gasteiger partial charge on any atom is 0.416 e. The standard InChI is InChI=1S/2C27H34F3NO5.2ClH.H2O/c2*1-33-23-15-19-5-4-13-36-25(22(19)17-24(23)34-2)18-35-14-12-31-10-8-26(32,9-11-31)20-6-3-7-21(16-20)27(28,29)30;;;/h2*3,6-7,15-17,25,32H,4-5,8-14,18H2,1-2H3;2*1H;1H2. The van der Waals surface area contributed by atoms with Crippen LogP contribution in [0.1, 0.15) is 95.2 Å². The van der Waals surface area contributed by atoms with E-state index in [1.165, 1.54) is 23.3 Å². The third-order valence-corrected chi connectivity index (χ3v) is 14.3. The summed E-state index contributed by atoms with van der Waals surface area (Å²) in [6, 6.07) is 18.0. The molecule has 2 fully saturated rings. The number of rotatable bonds is 16. The van der Waals surface area contributed by atoms with Crippen molar-refractivity contribution in [1.29, 1.82) is 0 Å². The van der Waals surface area contributed by atoms with Gasteiger partial charge in [0, 0.05) is 52.5 Å². The van der Waals surface area contributed by atoms with Crippen LogP contribution in [0.3, 0.4) is 0 Å². The number of likely N-dealkylation sites (tertiary alicyclic amines) is 2. The minimum Gasteiger partial charge on any atom is -0.493 e. The SMILES string of the molecule is COc1cc2c(cc1OC)C(COCCN1CCC(O)(c3cccc(C(F)(F)F)c3)CC1)OCCC2.COc1cc2c(cc1OC)C(COCCN1CCC(O)(c3cccc(C(F)(F)F)c3)CC1)OCCC2.Cl.Cl.O. The van der Waals surface area contributed by atoms with Crippen molar-refractivity contribution in [2.45, 2.75) is 87.1 Å². The van der Waals surface area contributed by atoms with Crippen LogP contribution in [0.5, 0.6) is 23.0 Å². The van der Waals surface area contributed by atoms with E-state index in [1.807, 2.05) is 24.3 Å². The van der Waals surface area contributed by atoms with Gasteiger partial charge in [0.25, 0.3) is 0 Å². The number of aryl methyl sites for hydroxylation is 2. The largest absolute Gasteiger partial charge is 0.493 e. The molecule has 2 saturated heterocycles. The fourth-order valence-corrected chi connectivity index (χ4v) is 9.95. The van der Waals surface area contributed by atoms with Gasteiger partial charge in [0.1, 0.15) is 12.2 Å². The topological polar surface area (TPSA) is 152 Å². The Bertz CT molecular complexity index is 2220. The van der Waals surface area contributed by atoms with Gasteiger partial charge in [-0.1, -0.05) is 24.3 Å². The summed E-state index contributed by atoms with van der Waals surface area (Å²) >= 11 is 0. The van der Waals surface area contributed by atoms with Crippen LogP contribution in [0.25, 0.3) is 0 Å². The normalized spacial score (nSPS) is 19.6. The first-order chi connectivity index (χ1) is 34.5.